The smallest absolute Gasteiger partial charge is 0.150 e. The van der Waals surface area contributed by atoms with Gasteiger partial charge in [0, 0.05) is 18.8 Å². The molecule has 0 bridgehead atoms. The van der Waals surface area contributed by atoms with Crippen molar-refractivity contribution in [1.82, 2.24) is 4.90 Å². The van der Waals surface area contributed by atoms with Crippen LogP contribution >= 0.6 is 0 Å². The number of benzene rings is 1. The maximum absolute atomic E-state index is 9.34. The van der Waals surface area contributed by atoms with E-state index in [2.05, 4.69) is 35.9 Å². The molecule has 26 heavy (non-hydrogen) atoms. The average Bonchev–Trinajstić information content (AvgIpc) is 2.70. The predicted octanol–water partition coefficient (Wildman–Crippen LogP) is 4.71. The van der Waals surface area contributed by atoms with Gasteiger partial charge in [-0.05, 0) is 56.0 Å². The Morgan fingerprint density at radius 3 is 2.58 bits per heavy atom. The van der Waals surface area contributed by atoms with Crippen LogP contribution in [0.25, 0.3) is 0 Å². The third-order valence-corrected chi connectivity index (χ3v) is 4.30. The Labute approximate surface area is 156 Å². The van der Waals surface area contributed by atoms with Crippen LogP contribution in [0.5, 0.6) is 5.75 Å². The van der Waals surface area contributed by atoms with Crippen LogP contribution in [-0.4, -0.2) is 30.9 Å². The predicted molar refractivity (Wildman–Crippen MR) is 107 cm³/mol. The van der Waals surface area contributed by atoms with Crippen LogP contribution in [0.3, 0.4) is 0 Å². The molecule has 1 aromatic carbocycles. The highest BCUT2D eigenvalue weighted by Gasteiger charge is 2.15. The van der Waals surface area contributed by atoms with Crippen molar-refractivity contribution >= 4 is 11.5 Å². The fourth-order valence-corrected chi connectivity index (χ4v) is 2.79. The van der Waals surface area contributed by atoms with Gasteiger partial charge in [-0.15, -0.1) is 0 Å². The Bertz CT molecular complexity index is 692. The lowest BCUT2D eigenvalue weighted by molar-refractivity contribution is 0.282. The van der Waals surface area contributed by atoms with Gasteiger partial charge in [0.25, 0.3) is 0 Å². The van der Waals surface area contributed by atoms with Gasteiger partial charge >= 0.3 is 0 Å². The zero-order valence-electron chi connectivity index (χ0n) is 15.8. The largest absolute Gasteiger partial charge is 0.497 e. The van der Waals surface area contributed by atoms with Crippen molar-refractivity contribution in [3.8, 4) is 11.8 Å². The fourth-order valence-electron chi connectivity index (χ4n) is 2.79. The molecule has 5 nitrogen and oxygen atoms in total. The van der Waals surface area contributed by atoms with Crippen LogP contribution < -0.4 is 10.1 Å². The molecule has 1 aromatic rings. The summed E-state index contributed by atoms with van der Waals surface area (Å²) < 4.78 is 5.19. The van der Waals surface area contributed by atoms with Crippen molar-refractivity contribution < 1.29 is 4.74 Å². The molecule has 1 aliphatic rings. The summed E-state index contributed by atoms with van der Waals surface area (Å²) in [4.78, 5) is 7.09. The van der Waals surface area contributed by atoms with Crippen LogP contribution in [0.4, 0.5) is 5.69 Å². The van der Waals surface area contributed by atoms with Crippen molar-refractivity contribution in [2.24, 2.45) is 4.99 Å². The molecule has 138 valence electrons. The van der Waals surface area contributed by atoms with Crippen molar-refractivity contribution in [3.63, 3.8) is 0 Å². The number of aliphatic imine (C=N–C) groups is 1. The Hall–Kier alpha value is -2.74. The average molecular weight is 352 g/mol. The van der Waals surface area contributed by atoms with E-state index >= 15 is 0 Å². The summed E-state index contributed by atoms with van der Waals surface area (Å²) in [5, 5.41) is 12.6. The molecule has 1 fully saturated rings. The molecule has 1 heterocycles. The summed E-state index contributed by atoms with van der Waals surface area (Å²) >= 11 is 0. The van der Waals surface area contributed by atoms with E-state index in [4.69, 9.17) is 9.73 Å². The van der Waals surface area contributed by atoms with Crippen molar-refractivity contribution in [3.05, 3.63) is 48.3 Å². The summed E-state index contributed by atoms with van der Waals surface area (Å²) in [5.41, 5.74) is 1.16. The number of rotatable bonds is 7. The Kier molecular flexibility index (Phi) is 7.75. The SMILES string of the molecule is C=C(C#N)/C(=N\C(=CCCC)N1CCCCC1)Nc1ccc(OC)cc1. The van der Waals surface area contributed by atoms with Gasteiger partial charge in [-0.3, -0.25) is 0 Å². The lowest BCUT2D eigenvalue weighted by Gasteiger charge is -2.29. The fraction of sp³-hybridized carbons (Fsp3) is 0.429. The monoisotopic (exact) mass is 352 g/mol. The first kappa shape index (κ1) is 19.6. The maximum atomic E-state index is 9.34. The summed E-state index contributed by atoms with van der Waals surface area (Å²) in [6, 6.07) is 9.65. The Morgan fingerprint density at radius 2 is 2.00 bits per heavy atom. The lowest BCUT2D eigenvalue weighted by Crippen LogP contribution is -2.29. The number of hydrogen-bond donors (Lipinski definition) is 1. The number of ether oxygens (including phenoxy) is 1. The van der Waals surface area contributed by atoms with Crippen molar-refractivity contribution in [2.75, 3.05) is 25.5 Å². The van der Waals surface area contributed by atoms with Crippen molar-refractivity contribution in [1.29, 1.82) is 5.26 Å². The zero-order chi connectivity index (χ0) is 18.8. The molecule has 0 radical (unpaired) electrons. The van der Waals surface area contributed by atoms with Crippen LogP contribution in [0.1, 0.15) is 39.0 Å². The second-order valence-electron chi connectivity index (χ2n) is 6.30. The molecule has 5 heteroatoms. The highest BCUT2D eigenvalue weighted by Crippen LogP contribution is 2.19. The van der Waals surface area contributed by atoms with E-state index in [9.17, 15) is 5.26 Å². The first-order chi connectivity index (χ1) is 12.7. The van der Waals surface area contributed by atoms with E-state index in [-0.39, 0.29) is 0 Å². The summed E-state index contributed by atoms with van der Waals surface area (Å²) in [7, 11) is 1.64. The molecular formula is C21H28N4O. The Morgan fingerprint density at radius 1 is 1.31 bits per heavy atom. The van der Waals surface area contributed by atoms with Crippen LogP contribution in [0.2, 0.25) is 0 Å². The number of anilines is 1. The first-order valence-electron chi connectivity index (χ1n) is 9.22. The van der Waals surface area contributed by atoms with Crippen LogP contribution in [0, 0.1) is 11.3 Å². The topological polar surface area (TPSA) is 60.7 Å². The molecule has 1 saturated heterocycles. The molecule has 0 aliphatic carbocycles. The molecule has 0 spiro atoms. The molecule has 0 amide bonds. The highest BCUT2D eigenvalue weighted by atomic mass is 16.5. The third kappa shape index (κ3) is 5.66. The minimum Gasteiger partial charge on any atom is -0.497 e. The highest BCUT2D eigenvalue weighted by molar-refractivity contribution is 6.10. The number of piperidine rings is 1. The van der Waals surface area contributed by atoms with E-state index in [0.717, 1.165) is 43.2 Å². The lowest BCUT2D eigenvalue weighted by atomic mass is 10.1. The first-order valence-corrected chi connectivity index (χ1v) is 9.22. The number of hydrogen-bond acceptors (Lipinski definition) is 4. The van der Waals surface area contributed by atoms with Gasteiger partial charge in [0.1, 0.15) is 23.5 Å². The number of methoxy groups -OCH3 is 1. The van der Waals surface area contributed by atoms with Gasteiger partial charge in [-0.1, -0.05) is 19.9 Å². The van der Waals surface area contributed by atoms with Crippen LogP contribution in [0.15, 0.2) is 53.3 Å². The molecule has 2 rings (SSSR count). The van der Waals surface area contributed by atoms with Gasteiger partial charge in [0.15, 0.2) is 0 Å². The number of nitriles is 1. The minimum absolute atomic E-state index is 0.320. The third-order valence-electron chi connectivity index (χ3n) is 4.30. The minimum atomic E-state index is 0.320. The summed E-state index contributed by atoms with van der Waals surface area (Å²) in [6.45, 7) is 8.02. The normalized spacial score (nSPS) is 15.3. The molecule has 0 atom stereocenters. The Balaban J connectivity index is 2.28. The van der Waals surface area contributed by atoms with Crippen LogP contribution in [-0.2, 0) is 0 Å². The van der Waals surface area contributed by atoms with Gasteiger partial charge in [-0.2, -0.15) is 5.26 Å². The molecule has 0 saturated carbocycles. The van der Waals surface area contributed by atoms with Gasteiger partial charge < -0.3 is 15.0 Å². The number of nitrogens with one attached hydrogen (secondary N) is 1. The number of allylic oxidation sites excluding steroid dienone is 1. The standard InChI is InChI=1S/C21H28N4O/c1-4-5-9-20(25-14-7-6-8-15-25)24-21(17(2)16-22)23-18-10-12-19(26-3)13-11-18/h9-13H,2,4-8,14-15H2,1,3H3,(H,23,24). The number of likely N-dealkylation sites (tertiary alicyclic amines) is 1. The maximum Gasteiger partial charge on any atom is 0.150 e. The van der Waals surface area contributed by atoms with E-state index in [1.807, 2.05) is 24.3 Å². The van der Waals surface area contributed by atoms with E-state index in [0.29, 0.717) is 11.4 Å². The zero-order valence-corrected chi connectivity index (χ0v) is 15.8. The number of nitrogens with zero attached hydrogens (tertiary/aromatic N) is 3. The van der Waals surface area contributed by atoms with Gasteiger partial charge in [0.05, 0.1) is 12.7 Å². The molecule has 0 unspecified atom stereocenters. The summed E-state index contributed by atoms with van der Waals surface area (Å²) in [6.07, 6.45) is 7.81. The van der Waals surface area contributed by atoms with E-state index < -0.39 is 0 Å². The van der Waals surface area contributed by atoms with Gasteiger partial charge in [0.2, 0.25) is 0 Å². The quantitative estimate of drug-likeness (QED) is 0.438. The summed E-state index contributed by atoms with van der Waals surface area (Å²) in [5.74, 6) is 2.20. The number of amidine groups is 1. The second-order valence-corrected chi connectivity index (χ2v) is 6.30. The molecule has 1 N–H and O–H groups in total. The van der Waals surface area contributed by atoms with Gasteiger partial charge in [-0.25, -0.2) is 4.99 Å². The van der Waals surface area contributed by atoms with Crippen molar-refractivity contribution in [2.45, 2.75) is 39.0 Å². The molecule has 0 aromatic heterocycles. The van der Waals surface area contributed by atoms with E-state index in [1.54, 1.807) is 7.11 Å². The molecule has 1 aliphatic heterocycles. The number of unbranched alkanes of at least 4 members (excludes halogenated alkanes) is 1. The van der Waals surface area contributed by atoms with E-state index in [1.165, 1.54) is 19.3 Å². The second kappa shape index (κ2) is 10.3. The molecular weight excluding hydrogens is 324 g/mol.